The van der Waals surface area contributed by atoms with Crippen LogP contribution in [0.15, 0.2) is 42.7 Å². The quantitative estimate of drug-likeness (QED) is 0.419. The highest BCUT2D eigenvalue weighted by Crippen LogP contribution is 2.39. The molecule has 30 heavy (non-hydrogen) atoms. The van der Waals surface area contributed by atoms with Crippen LogP contribution in [-0.4, -0.2) is 39.5 Å². The summed E-state index contributed by atoms with van der Waals surface area (Å²) < 4.78 is 31.5. The molecule has 0 spiro atoms. The fourth-order valence-corrected chi connectivity index (χ4v) is 3.95. The first kappa shape index (κ1) is 20.1. The summed E-state index contributed by atoms with van der Waals surface area (Å²) in [6.07, 6.45) is -0.0656. The molecule has 152 valence electrons. The van der Waals surface area contributed by atoms with E-state index >= 15 is 0 Å². The number of benzene rings is 2. The van der Waals surface area contributed by atoms with E-state index < -0.39 is 13.5 Å². The number of hydrogen-bond donors (Lipinski definition) is 3. The Morgan fingerprint density at radius 3 is 2.60 bits per heavy atom. The van der Waals surface area contributed by atoms with Crippen molar-refractivity contribution in [2.45, 2.75) is 6.43 Å². The number of ether oxygens (including phenoxy) is 1. The number of alkyl halides is 2. The molecule has 0 saturated carbocycles. The lowest BCUT2D eigenvalue weighted by molar-refractivity contribution is 0.155. The Labute approximate surface area is 173 Å². The van der Waals surface area contributed by atoms with Crippen LogP contribution in [0.2, 0.25) is 0 Å². The van der Waals surface area contributed by atoms with Crippen molar-refractivity contribution < 1.29 is 23.6 Å². The summed E-state index contributed by atoms with van der Waals surface area (Å²) in [7, 11) is -0.414. The number of nitrogens with zero attached hydrogens (tertiary/aromatic N) is 3. The van der Waals surface area contributed by atoms with Crippen LogP contribution in [0, 0.1) is 0 Å². The molecule has 7 nitrogen and oxygen atoms in total. The van der Waals surface area contributed by atoms with Gasteiger partial charge in [-0.3, -0.25) is 0 Å². The van der Waals surface area contributed by atoms with E-state index in [9.17, 15) is 18.8 Å². The molecule has 0 atom stereocenters. The largest absolute Gasteiger partial charge is 0.497 e. The highest BCUT2D eigenvalue weighted by Gasteiger charge is 2.23. The van der Waals surface area contributed by atoms with E-state index in [1.165, 1.54) is 19.4 Å². The average molecular weight is 428 g/mol. The van der Waals surface area contributed by atoms with Crippen LogP contribution in [0.4, 0.5) is 14.5 Å². The number of nitrogens with two attached hydrogens (primary N) is 1. The van der Waals surface area contributed by atoms with E-state index in [0.717, 1.165) is 17.5 Å². The minimum Gasteiger partial charge on any atom is -0.497 e. The second-order valence-electron chi connectivity index (χ2n) is 6.41. The number of aromatic nitrogens is 3. The molecule has 11 heteroatoms. The van der Waals surface area contributed by atoms with Gasteiger partial charge in [0, 0.05) is 22.6 Å². The summed E-state index contributed by atoms with van der Waals surface area (Å²) in [4.78, 5) is 3.96. The smallest absolute Gasteiger partial charge is 0.492 e. The number of fused-ring (bicyclic) bond motifs is 1. The highest BCUT2D eigenvalue weighted by atomic mass is 32.1. The number of rotatable bonds is 5. The second kappa shape index (κ2) is 7.94. The van der Waals surface area contributed by atoms with Gasteiger partial charge in [-0.2, -0.15) is 10.2 Å². The first-order valence-corrected chi connectivity index (χ1v) is 9.54. The van der Waals surface area contributed by atoms with Crippen molar-refractivity contribution in [1.29, 1.82) is 0 Å². The predicted octanol–water partition coefficient (Wildman–Crippen LogP) is 2.63. The summed E-state index contributed by atoms with van der Waals surface area (Å²) in [5, 5.41) is 28.5. The average Bonchev–Trinajstić information content (AvgIpc) is 3.23. The SMILES string of the molecule is COc1cc(-c2ncc(C(F)F)s2)c(-c2ccc3c(N)cnnc3c2)cc1B(O)O. The van der Waals surface area contributed by atoms with E-state index in [-0.39, 0.29) is 16.1 Å². The molecule has 0 unspecified atom stereocenters. The molecule has 4 N–H and O–H groups in total. The van der Waals surface area contributed by atoms with Crippen LogP contribution in [0.3, 0.4) is 0 Å². The van der Waals surface area contributed by atoms with Crippen molar-refractivity contribution in [3.63, 3.8) is 0 Å². The van der Waals surface area contributed by atoms with Gasteiger partial charge in [0.05, 0.1) is 29.4 Å². The molecule has 4 aromatic rings. The summed E-state index contributed by atoms with van der Waals surface area (Å²) in [6, 6.07) is 8.36. The molecule has 0 aliphatic heterocycles. The van der Waals surface area contributed by atoms with Crippen LogP contribution in [-0.2, 0) is 0 Å². The molecule has 0 fully saturated rings. The van der Waals surface area contributed by atoms with Gasteiger partial charge in [0.2, 0.25) is 0 Å². The third-order valence-electron chi connectivity index (χ3n) is 4.60. The monoisotopic (exact) mass is 428 g/mol. The number of thiazole rings is 1. The predicted molar refractivity (Wildman–Crippen MR) is 112 cm³/mol. The first-order valence-electron chi connectivity index (χ1n) is 8.72. The Hall–Kier alpha value is -3.15. The Bertz CT molecular complexity index is 1240. The standard InChI is InChI=1S/C19H15BF2N4O3S/c1-29-16-6-12(19-24-8-17(30-19)18(21)22)11(5-13(16)20(27)28)9-2-3-10-14(23)7-25-26-15(10)4-9/h2-8,18,27-28H,1H3,(H2,23,26). The molecule has 0 aliphatic carbocycles. The minimum absolute atomic E-state index is 0.126. The van der Waals surface area contributed by atoms with E-state index in [1.807, 2.05) is 0 Å². The van der Waals surface area contributed by atoms with Crippen LogP contribution < -0.4 is 15.9 Å². The van der Waals surface area contributed by atoms with Crippen molar-refractivity contribution in [3.05, 3.63) is 47.6 Å². The van der Waals surface area contributed by atoms with Gasteiger partial charge in [-0.05, 0) is 29.3 Å². The van der Waals surface area contributed by atoms with Gasteiger partial charge in [-0.1, -0.05) is 12.1 Å². The van der Waals surface area contributed by atoms with Gasteiger partial charge in [0.25, 0.3) is 6.43 Å². The number of halogens is 2. The van der Waals surface area contributed by atoms with Crippen molar-refractivity contribution in [2.75, 3.05) is 12.8 Å². The molecular formula is C19H15BF2N4O3S. The molecule has 0 amide bonds. The van der Waals surface area contributed by atoms with Gasteiger partial charge in [0.1, 0.15) is 10.8 Å². The van der Waals surface area contributed by atoms with Crippen molar-refractivity contribution in [3.8, 4) is 27.4 Å². The van der Waals surface area contributed by atoms with Gasteiger partial charge in [0.15, 0.2) is 0 Å². The number of nitrogen functional groups attached to an aromatic ring is 1. The van der Waals surface area contributed by atoms with E-state index in [4.69, 9.17) is 10.5 Å². The van der Waals surface area contributed by atoms with Gasteiger partial charge in [-0.15, -0.1) is 11.3 Å². The topological polar surface area (TPSA) is 114 Å². The van der Waals surface area contributed by atoms with Gasteiger partial charge < -0.3 is 20.5 Å². The summed E-state index contributed by atoms with van der Waals surface area (Å²) in [5.41, 5.74) is 8.76. The number of methoxy groups -OCH3 is 1. The van der Waals surface area contributed by atoms with E-state index in [1.54, 1.807) is 24.3 Å². The third-order valence-corrected chi connectivity index (χ3v) is 5.64. The van der Waals surface area contributed by atoms with Crippen molar-refractivity contribution >= 4 is 40.5 Å². The molecule has 2 aromatic carbocycles. The Kier molecular flexibility index (Phi) is 5.33. The Morgan fingerprint density at radius 2 is 1.93 bits per heavy atom. The zero-order valence-corrected chi connectivity index (χ0v) is 16.4. The fourth-order valence-electron chi connectivity index (χ4n) is 3.15. The molecular weight excluding hydrogens is 413 g/mol. The fraction of sp³-hybridized carbons (Fsp3) is 0.105. The molecule has 0 saturated heterocycles. The van der Waals surface area contributed by atoms with E-state index in [0.29, 0.717) is 38.3 Å². The maximum absolute atomic E-state index is 13.1. The lowest BCUT2D eigenvalue weighted by Crippen LogP contribution is -2.31. The number of anilines is 1. The molecule has 0 bridgehead atoms. The normalized spacial score (nSPS) is 11.3. The molecule has 4 rings (SSSR count). The molecule has 0 radical (unpaired) electrons. The van der Waals surface area contributed by atoms with Crippen LogP contribution in [0.5, 0.6) is 5.75 Å². The summed E-state index contributed by atoms with van der Waals surface area (Å²) >= 11 is 0.853. The minimum atomic E-state index is -2.64. The number of hydrogen-bond acceptors (Lipinski definition) is 8. The highest BCUT2D eigenvalue weighted by molar-refractivity contribution is 7.15. The summed E-state index contributed by atoms with van der Waals surface area (Å²) in [6.45, 7) is 0. The van der Waals surface area contributed by atoms with Crippen molar-refractivity contribution in [2.24, 2.45) is 0 Å². The molecule has 2 heterocycles. The van der Waals surface area contributed by atoms with Gasteiger partial charge in [-0.25, -0.2) is 13.8 Å². The van der Waals surface area contributed by atoms with Crippen LogP contribution in [0.25, 0.3) is 32.6 Å². The third kappa shape index (κ3) is 3.58. The lowest BCUT2D eigenvalue weighted by Gasteiger charge is -2.15. The maximum Gasteiger partial charge on any atom is 0.492 e. The molecule has 0 aliphatic rings. The van der Waals surface area contributed by atoms with Crippen molar-refractivity contribution in [1.82, 2.24) is 15.2 Å². The Morgan fingerprint density at radius 1 is 1.13 bits per heavy atom. The second-order valence-corrected chi connectivity index (χ2v) is 7.48. The molecule has 2 aromatic heterocycles. The van der Waals surface area contributed by atoms with E-state index in [2.05, 4.69) is 15.2 Å². The Balaban J connectivity index is 1.97. The maximum atomic E-state index is 13.1. The van der Waals surface area contributed by atoms with Crippen LogP contribution >= 0.6 is 11.3 Å². The zero-order valence-electron chi connectivity index (χ0n) is 15.6. The van der Waals surface area contributed by atoms with Gasteiger partial charge >= 0.3 is 7.12 Å². The zero-order chi connectivity index (χ0) is 21.4. The lowest BCUT2D eigenvalue weighted by atomic mass is 9.77. The first-order chi connectivity index (χ1) is 14.4. The summed E-state index contributed by atoms with van der Waals surface area (Å²) in [5.74, 6) is 0.197. The van der Waals surface area contributed by atoms with Crippen LogP contribution in [0.1, 0.15) is 11.3 Å².